The number of rotatable bonds is 6. The zero-order valence-electron chi connectivity index (χ0n) is 19.6. The van der Waals surface area contributed by atoms with Gasteiger partial charge in [-0.25, -0.2) is 23.7 Å². The average Bonchev–Trinajstić information content (AvgIpc) is 3.20. The van der Waals surface area contributed by atoms with E-state index in [-0.39, 0.29) is 29.1 Å². The highest BCUT2D eigenvalue weighted by molar-refractivity contribution is 7.89. The maximum absolute atomic E-state index is 14.6. The van der Waals surface area contributed by atoms with Gasteiger partial charge in [0.2, 0.25) is 11.7 Å². The third kappa shape index (κ3) is 5.74. The first-order valence-corrected chi connectivity index (χ1v) is 12.3. The SMILES string of the molecule is C[C@H]1[C@H](F)C[C@@H](C(=O)NCc2cc(-c3cnc(C(F)(F)F)nc3)ccc2C#N)N1[S+]([O-])c1ccc(F)cn1. The molecule has 1 aliphatic heterocycles. The maximum Gasteiger partial charge on any atom is 0.451 e. The van der Waals surface area contributed by atoms with Gasteiger partial charge in [-0.2, -0.15) is 18.4 Å². The standard InChI is InChI=1S/C24H19F5N6O2S/c1-13-19(26)7-20(35(13)38(37)21-5-4-18(25)12-31-21)22(36)32-9-16-6-14(2-3-15(16)8-30)17-10-33-23(34-11-17)24(27,28)29/h2-6,10-13,19-20H,7,9H2,1H3,(H,32,36)/t13-,19+,20-,38?/m0/s1. The van der Waals surface area contributed by atoms with E-state index in [0.717, 1.165) is 24.7 Å². The molecule has 198 valence electrons. The molecule has 1 aromatic carbocycles. The molecule has 0 aliphatic carbocycles. The van der Waals surface area contributed by atoms with Gasteiger partial charge >= 0.3 is 6.18 Å². The van der Waals surface area contributed by atoms with E-state index < -0.39 is 53.3 Å². The van der Waals surface area contributed by atoms with Crippen molar-refractivity contribution in [3.63, 3.8) is 0 Å². The van der Waals surface area contributed by atoms with Gasteiger partial charge in [0.05, 0.1) is 23.9 Å². The summed E-state index contributed by atoms with van der Waals surface area (Å²) in [5.74, 6) is -2.59. The van der Waals surface area contributed by atoms with Crippen molar-refractivity contribution in [3.05, 3.63) is 71.7 Å². The number of nitrogens with zero attached hydrogens (tertiary/aromatic N) is 5. The number of hydrogen-bond donors (Lipinski definition) is 1. The highest BCUT2D eigenvalue weighted by Gasteiger charge is 2.50. The molecule has 1 N–H and O–H groups in total. The van der Waals surface area contributed by atoms with Crippen LogP contribution in [-0.4, -0.2) is 48.0 Å². The van der Waals surface area contributed by atoms with E-state index in [1.54, 1.807) is 0 Å². The van der Waals surface area contributed by atoms with Gasteiger partial charge in [0.15, 0.2) is 0 Å². The highest BCUT2D eigenvalue weighted by atomic mass is 32.2. The van der Waals surface area contributed by atoms with Crippen LogP contribution in [0.5, 0.6) is 0 Å². The third-order valence-corrected chi connectivity index (χ3v) is 7.54. The first kappa shape index (κ1) is 27.4. The summed E-state index contributed by atoms with van der Waals surface area (Å²) in [5, 5.41) is 12.0. The Kier molecular flexibility index (Phi) is 7.91. The fourth-order valence-electron chi connectivity index (χ4n) is 3.97. The smallest absolute Gasteiger partial charge is 0.451 e. The number of aromatic nitrogens is 3. The topological polar surface area (TPSA) is 118 Å². The molecule has 14 heteroatoms. The first-order chi connectivity index (χ1) is 18.0. The molecule has 1 saturated heterocycles. The van der Waals surface area contributed by atoms with Gasteiger partial charge in [-0.1, -0.05) is 6.07 Å². The van der Waals surface area contributed by atoms with Crippen LogP contribution in [0.3, 0.4) is 0 Å². The van der Waals surface area contributed by atoms with Crippen molar-refractivity contribution in [2.75, 3.05) is 0 Å². The molecule has 0 bridgehead atoms. The van der Waals surface area contributed by atoms with Crippen LogP contribution in [0.25, 0.3) is 11.1 Å². The van der Waals surface area contributed by atoms with Crippen molar-refractivity contribution in [1.82, 2.24) is 24.6 Å². The Balaban J connectivity index is 1.52. The molecule has 3 aromatic rings. The Morgan fingerprint density at radius 3 is 2.50 bits per heavy atom. The summed E-state index contributed by atoms with van der Waals surface area (Å²) >= 11 is -2.05. The van der Waals surface area contributed by atoms with Crippen LogP contribution in [-0.2, 0) is 28.9 Å². The van der Waals surface area contributed by atoms with Crippen LogP contribution < -0.4 is 5.32 Å². The molecule has 8 nitrogen and oxygen atoms in total. The minimum absolute atomic E-state index is 0.0385. The summed E-state index contributed by atoms with van der Waals surface area (Å²) in [4.78, 5) is 23.5. The van der Waals surface area contributed by atoms with E-state index >= 15 is 0 Å². The molecular formula is C24H19F5N6O2S. The molecule has 2 aromatic heterocycles. The van der Waals surface area contributed by atoms with Crippen LogP contribution in [0.1, 0.15) is 30.3 Å². The van der Waals surface area contributed by atoms with E-state index in [1.165, 1.54) is 35.5 Å². The van der Waals surface area contributed by atoms with E-state index in [9.17, 15) is 36.6 Å². The molecular weight excluding hydrogens is 531 g/mol. The number of alkyl halides is 4. The number of nitriles is 1. The second-order valence-electron chi connectivity index (χ2n) is 8.43. The number of pyridine rings is 1. The second-order valence-corrected chi connectivity index (χ2v) is 9.76. The van der Waals surface area contributed by atoms with Crippen LogP contribution in [0.4, 0.5) is 22.0 Å². The number of amides is 1. The summed E-state index contributed by atoms with van der Waals surface area (Å²) < 4.78 is 80.3. The van der Waals surface area contributed by atoms with Gasteiger partial charge in [-0.15, -0.1) is 4.31 Å². The average molecular weight is 551 g/mol. The molecule has 0 saturated carbocycles. The summed E-state index contributed by atoms with van der Waals surface area (Å²) in [5.41, 5.74) is 1.20. The largest absolute Gasteiger partial charge is 0.591 e. The predicted molar refractivity (Wildman–Crippen MR) is 124 cm³/mol. The van der Waals surface area contributed by atoms with Crippen molar-refractivity contribution < 1.29 is 31.3 Å². The lowest BCUT2D eigenvalue weighted by Gasteiger charge is -2.27. The van der Waals surface area contributed by atoms with Gasteiger partial charge in [-0.3, -0.25) is 4.79 Å². The molecule has 0 radical (unpaired) electrons. The Labute approximate surface area is 216 Å². The lowest BCUT2D eigenvalue weighted by molar-refractivity contribution is -0.145. The zero-order chi connectivity index (χ0) is 27.6. The van der Waals surface area contributed by atoms with Crippen LogP contribution in [0.15, 0.2) is 53.9 Å². The number of nitrogens with one attached hydrogen (secondary N) is 1. The molecule has 1 fully saturated rings. The van der Waals surface area contributed by atoms with Gasteiger partial charge in [0.25, 0.3) is 5.03 Å². The molecule has 3 heterocycles. The minimum atomic E-state index is -4.70. The number of carbonyl (C=O) groups is 1. The van der Waals surface area contributed by atoms with Gasteiger partial charge in [-0.05, 0) is 36.2 Å². The number of carbonyl (C=O) groups excluding carboxylic acids is 1. The molecule has 1 amide bonds. The van der Waals surface area contributed by atoms with Crippen molar-refractivity contribution in [2.45, 2.75) is 49.3 Å². The van der Waals surface area contributed by atoms with Gasteiger partial charge < -0.3 is 9.87 Å². The molecule has 1 aliphatic rings. The zero-order valence-corrected chi connectivity index (χ0v) is 20.4. The highest BCUT2D eigenvalue weighted by Crippen LogP contribution is 2.33. The van der Waals surface area contributed by atoms with Gasteiger partial charge in [0, 0.05) is 37.0 Å². The number of benzene rings is 1. The number of hydrogen-bond acceptors (Lipinski definition) is 7. The molecule has 38 heavy (non-hydrogen) atoms. The fourth-order valence-corrected chi connectivity index (χ4v) is 5.36. The Bertz CT molecular complexity index is 1350. The maximum atomic E-state index is 14.6. The molecule has 0 spiro atoms. The van der Waals surface area contributed by atoms with E-state index in [4.69, 9.17) is 0 Å². The predicted octanol–water partition coefficient (Wildman–Crippen LogP) is 3.71. The minimum Gasteiger partial charge on any atom is -0.591 e. The van der Waals surface area contributed by atoms with Crippen molar-refractivity contribution in [1.29, 1.82) is 5.26 Å². The third-order valence-electron chi connectivity index (χ3n) is 5.97. The monoisotopic (exact) mass is 550 g/mol. The Morgan fingerprint density at radius 1 is 1.18 bits per heavy atom. The van der Waals surface area contributed by atoms with Crippen LogP contribution in [0.2, 0.25) is 0 Å². The van der Waals surface area contributed by atoms with Crippen molar-refractivity contribution in [3.8, 4) is 17.2 Å². The summed E-state index contributed by atoms with van der Waals surface area (Å²) in [6, 6.07) is 6.63. The summed E-state index contributed by atoms with van der Waals surface area (Å²) in [6.45, 7) is 1.30. The molecule has 4 rings (SSSR count). The lowest BCUT2D eigenvalue weighted by Crippen LogP contribution is -2.48. The van der Waals surface area contributed by atoms with Crippen LogP contribution in [0, 0.1) is 17.1 Å². The Morgan fingerprint density at radius 2 is 1.89 bits per heavy atom. The lowest BCUT2D eigenvalue weighted by atomic mass is 10.0. The number of halogens is 5. The summed E-state index contributed by atoms with van der Waals surface area (Å²) in [6.07, 6.45) is -3.54. The van der Waals surface area contributed by atoms with Crippen molar-refractivity contribution in [2.24, 2.45) is 0 Å². The van der Waals surface area contributed by atoms with E-state index in [0.29, 0.717) is 11.1 Å². The van der Waals surface area contributed by atoms with Crippen LogP contribution >= 0.6 is 0 Å². The normalized spacial score (nSPS) is 20.6. The quantitative estimate of drug-likeness (QED) is 0.367. The Hall–Kier alpha value is -3.67. The molecule has 4 atom stereocenters. The first-order valence-electron chi connectivity index (χ1n) is 11.2. The van der Waals surface area contributed by atoms with E-state index in [2.05, 4.69) is 20.3 Å². The summed E-state index contributed by atoms with van der Waals surface area (Å²) in [7, 11) is 0. The van der Waals surface area contributed by atoms with E-state index in [1.807, 2.05) is 6.07 Å². The second kappa shape index (κ2) is 11.0. The van der Waals surface area contributed by atoms with Gasteiger partial charge in [0.1, 0.15) is 29.4 Å². The molecule has 1 unspecified atom stereocenters. The fraction of sp³-hybridized carbons (Fsp3) is 0.292. The van der Waals surface area contributed by atoms with Crippen molar-refractivity contribution >= 4 is 17.3 Å².